The molecule has 7 heteroatoms. The van der Waals surface area contributed by atoms with Gasteiger partial charge in [0.05, 0.1) is 5.02 Å². The Labute approximate surface area is 220 Å². The van der Waals surface area contributed by atoms with E-state index in [9.17, 15) is 0 Å². The molecule has 2 aromatic carbocycles. The molecule has 1 saturated heterocycles. The molecule has 4 rings (SSSR count). The fourth-order valence-electron chi connectivity index (χ4n) is 4.43. The van der Waals surface area contributed by atoms with Gasteiger partial charge in [0.2, 0.25) is 0 Å². The number of benzene rings is 2. The average Bonchev–Trinajstić information content (AvgIpc) is 3.17. The van der Waals surface area contributed by atoms with Crippen LogP contribution in [0.2, 0.25) is 5.02 Å². The van der Waals surface area contributed by atoms with Gasteiger partial charge in [-0.1, -0.05) is 47.0 Å². The van der Waals surface area contributed by atoms with E-state index in [0.29, 0.717) is 5.02 Å². The summed E-state index contributed by atoms with van der Waals surface area (Å²) in [5, 5.41) is 0.683. The van der Waals surface area contributed by atoms with E-state index in [1.807, 2.05) is 0 Å². The number of hydrogen-bond acceptors (Lipinski definition) is 3. The standard InChI is InChI=1S/C21H27N2.C5H4ClN.2ClH.Pd/c1-14-9-16(3)20(17(4)10-14)22-7-8-23(13-22)21-18(5)11-15(2)12-19(21)6;6-5-2-1-3-7-4-5;;;/h9-13H,7-8H2,1-6H3;1-4H;2*1H;/q-1;;;;+2/p-2. The third-order valence-corrected chi connectivity index (χ3v) is 5.55. The summed E-state index contributed by atoms with van der Waals surface area (Å²) in [5.74, 6) is 0. The zero-order valence-corrected chi connectivity index (χ0v) is 23.7. The second-order valence-corrected chi connectivity index (χ2v) is 11.0. The zero-order valence-electron chi connectivity index (χ0n) is 19.9. The molecule has 182 valence electrons. The van der Waals surface area contributed by atoms with E-state index in [-0.39, 0.29) is 15.9 Å². The van der Waals surface area contributed by atoms with Crippen LogP contribution in [0.5, 0.6) is 0 Å². The topological polar surface area (TPSA) is 19.4 Å². The second kappa shape index (κ2) is 13.6. The predicted molar refractivity (Wildman–Crippen MR) is 141 cm³/mol. The normalized spacial score (nSPS) is 12.8. The molecule has 1 aromatic heterocycles. The monoisotopic (exact) mass is 596 g/mol. The van der Waals surface area contributed by atoms with Crippen molar-refractivity contribution in [2.24, 2.45) is 0 Å². The number of anilines is 2. The van der Waals surface area contributed by atoms with Crippen LogP contribution < -0.4 is 9.80 Å². The van der Waals surface area contributed by atoms with Gasteiger partial charge in [0, 0.05) is 36.9 Å². The molecule has 3 aromatic rings. The molecule has 0 spiro atoms. The van der Waals surface area contributed by atoms with Gasteiger partial charge in [-0.3, -0.25) is 4.98 Å². The first kappa shape index (κ1) is 28.0. The van der Waals surface area contributed by atoms with Gasteiger partial charge in [-0.15, -0.1) is 0 Å². The van der Waals surface area contributed by atoms with Crippen molar-refractivity contribution in [3.05, 3.63) is 93.9 Å². The van der Waals surface area contributed by atoms with Crippen LogP contribution in [0.4, 0.5) is 11.4 Å². The predicted octanol–water partition coefficient (Wildman–Crippen LogP) is 8.09. The van der Waals surface area contributed by atoms with Crippen molar-refractivity contribution >= 4 is 42.0 Å². The molecule has 0 unspecified atom stereocenters. The second-order valence-electron chi connectivity index (χ2n) is 8.21. The summed E-state index contributed by atoms with van der Waals surface area (Å²) < 4.78 is 0. The number of hydrogen-bond donors (Lipinski definition) is 0. The average molecular weight is 598 g/mol. The van der Waals surface area contributed by atoms with E-state index in [4.69, 9.17) is 30.7 Å². The molecule has 2 heterocycles. The van der Waals surface area contributed by atoms with Crippen LogP contribution in [0, 0.1) is 48.2 Å². The molecule has 3 nitrogen and oxygen atoms in total. The minimum atomic E-state index is -0.106. The van der Waals surface area contributed by atoms with Crippen LogP contribution in [-0.4, -0.2) is 18.1 Å². The fraction of sp³-hybridized carbons (Fsp3) is 0.308. The minimum absolute atomic E-state index is 0.106. The first-order chi connectivity index (χ1) is 15.7. The van der Waals surface area contributed by atoms with E-state index < -0.39 is 0 Å². The Morgan fingerprint density at radius 1 is 0.788 bits per heavy atom. The van der Waals surface area contributed by atoms with E-state index in [0.717, 1.165) is 13.1 Å². The molecule has 0 bridgehead atoms. The third-order valence-electron chi connectivity index (χ3n) is 5.33. The number of halogens is 3. The zero-order chi connectivity index (χ0) is 24.5. The first-order valence-electron chi connectivity index (χ1n) is 10.6. The van der Waals surface area contributed by atoms with E-state index in [2.05, 4.69) is 87.3 Å². The van der Waals surface area contributed by atoms with Crippen LogP contribution in [0.25, 0.3) is 0 Å². The molecule has 33 heavy (non-hydrogen) atoms. The van der Waals surface area contributed by atoms with Crippen molar-refractivity contribution in [2.45, 2.75) is 41.5 Å². The van der Waals surface area contributed by atoms with Crippen LogP contribution in [0.3, 0.4) is 0 Å². The molecular weight excluding hydrogens is 567 g/mol. The number of rotatable bonds is 2. The summed E-state index contributed by atoms with van der Waals surface area (Å²) in [5.41, 5.74) is 10.8. The van der Waals surface area contributed by atoms with Crippen LogP contribution in [0.15, 0.2) is 48.8 Å². The van der Waals surface area contributed by atoms with E-state index in [1.165, 1.54) is 44.8 Å². The van der Waals surface area contributed by atoms with Gasteiger partial charge in [-0.05, 0) is 75.9 Å². The Morgan fingerprint density at radius 3 is 1.45 bits per heavy atom. The summed E-state index contributed by atoms with van der Waals surface area (Å²) in [7, 11) is 9.63. The molecule has 0 atom stereocenters. The van der Waals surface area contributed by atoms with Crippen molar-refractivity contribution in [1.29, 1.82) is 0 Å². The van der Waals surface area contributed by atoms with Gasteiger partial charge in [0.15, 0.2) is 0 Å². The van der Waals surface area contributed by atoms with Gasteiger partial charge in [0.25, 0.3) is 0 Å². The molecule has 0 radical (unpaired) electrons. The maximum absolute atomic E-state index is 5.48. The molecule has 0 amide bonds. The summed E-state index contributed by atoms with van der Waals surface area (Å²) in [6.07, 6.45) is 3.29. The summed E-state index contributed by atoms with van der Waals surface area (Å²) >= 11 is 5.37. The van der Waals surface area contributed by atoms with Gasteiger partial charge in [-0.25, -0.2) is 0 Å². The third kappa shape index (κ3) is 8.16. The molecule has 0 N–H and O–H groups in total. The Morgan fingerprint density at radius 2 is 1.18 bits per heavy atom. The fourth-order valence-corrected chi connectivity index (χ4v) is 4.56. The summed E-state index contributed by atoms with van der Waals surface area (Å²) in [4.78, 5) is 8.56. The molecule has 1 fully saturated rings. The SMILES string of the molecule is Cc1cc(C)c(N2[CH-]N(c3c(C)cc(C)cc3C)CC2)c(C)c1.Clc1cccnc1.[Cl][Pd][Cl]. The Bertz CT molecular complexity index is 935. The van der Waals surface area contributed by atoms with E-state index in [1.54, 1.807) is 24.5 Å². The number of pyridine rings is 1. The van der Waals surface area contributed by atoms with Crippen molar-refractivity contribution < 1.29 is 15.9 Å². The Hall–Kier alpha value is -1.28. The molecule has 1 aliphatic rings. The van der Waals surface area contributed by atoms with Gasteiger partial charge >= 0.3 is 35.0 Å². The van der Waals surface area contributed by atoms with Gasteiger partial charge < -0.3 is 9.80 Å². The Balaban J connectivity index is 0.000000321. The van der Waals surface area contributed by atoms with Crippen LogP contribution >= 0.6 is 30.7 Å². The van der Waals surface area contributed by atoms with Gasteiger partial charge in [0.1, 0.15) is 0 Å². The van der Waals surface area contributed by atoms with Crippen molar-refractivity contribution in [3.8, 4) is 0 Å². The molecule has 1 aliphatic heterocycles. The Kier molecular flexibility index (Phi) is 11.5. The van der Waals surface area contributed by atoms with Crippen molar-refractivity contribution in [2.75, 3.05) is 22.9 Å². The number of aromatic nitrogens is 1. The summed E-state index contributed by atoms with van der Waals surface area (Å²) in [6.45, 7) is 17.6. The molecular formula is C26H31Cl3N3Pd-. The van der Waals surface area contributed by atoms with Crippen LogP contribution in [0.1, 0.15) is 33.4 Å². The number of nitrogens with zero attached hydrogens (tertiary/aromatic N) is 3. The quantitative estimate of drug-likeness (QED) is 0.220. The summed E-state index contributed by atoms with van der Waals surface area (Å²) in [6, 6.07) is 12.7. The molecule has 0 aliphatic carbocycles. The van der Waals surface area contributed by atoms with Crippen molar-refractivity contribution in [1.82, 2.24) is 4.98 Å². The van der Waals surface area contributed by atoms with Crippen molar-refractivity contribution in [3.63, 3.8) is 0 Å². The molecule has 0 saturated carbocycles. The first-order valence-corrected chi connectivity index (χ1v) is 15.0. The maximum atomic E-state index is 5.48. The van der Waals surface area contributed by atoms with E-state index >= 15 is 0 Å². The number of aryl methyl sites for hydroxylation is 6. The van der Waals surface area contributed by atoms with Crippen LogP contribution in [-0.2, 0) is 15.9 Å². The van der Waals surface area contributed by atoms with Gasteiger partial charge in [-0.2, -0.15) is 6.67 Å².